The summed E-state index contributed by atoms with van der Waals surface area (Å²) in [4.78, 5) is 9.13. The summed E-state index contributed by atoms with van der Waals surface area (Å²) in [5, 5.41) is 3.26. The largest absolute Gasteiger partial charge is 0.261 e. The van der Waals surface area contributed by atoms with Crippen LogP contribution in [0.4, 0.5) is 0 Å². The van der Waals surface area contributed by atoms with Crippen LogP contribution in [0.3, 0.4) is 0 Å². The standard InChI is InChI=1S/C15H20N2S.ClH/c1-5-6-12-9-11(7-8-16-12)14-17-13(10-18-14)15(2,3)4;/h7-10H,5-6H2,1-4H3;1H. The molecule has 0 aromatic carbocycles. The van der Waals surface area contributed by atoms with Crippen LogP contribution in [0.15, 0.2) is 23.7 Å². The Labute approximate surface area is 125 Å². The van der Waals surface area contributed by atoms with Crippen LogP contribution in [0.2, 0.25) is 0 Å². The van der Waals surface area contributed by atoms with Gasteiger partial charge in [-0.25, -0.2) is 4.98 Å². The monoisotopic (exact) mass is 296 g/mol. The van der Waals surface area contributed by atoms with Gasteiger partial charge in [0.2, 0.25) is 0 Å². The molecule has 0 aliphatic heterocycles. The Morgan fingerprint density at radius 1 is 1.26 bits per heavy atom. The molecule has 0 saturated carbocycles. The number of aromatic nitrogens is 2. The molecule has 0 atom stereocenters. The van der Waals surface area contributed by atoms with Crippen molar-refractivity contribution in [2.24, 2.45) is 0 Å². The fourth-order valence-electron chi connectivity index (χ4n) is 1.75. The third-order valence-corrected chi connectivity index (χ3v) is 3.73. The summed E-state index contributed by atoms with van der Waals surface area (Å²) in [5.74, 6) is 0. The molecule has 0 spiro atoms. The van der Waals surface area contributed by atoms with Crippen molar-refractivity contribution >= 4 is 23.7 Å². The predicted molar refractivity (Wildman–Crippen MR) is 85.3 cm³/mol. The van der Waals surface area contributed by atoms with Crippen molar-refractivity contribution in [2.75, 3.05) is 0 Å². The highest BCUT2D eigenvalue weighted by molar-refractivity contribution is 7.13. The van der Waals surface area contributed by atoms with Crippen molar-refractivity contribution in [3.8, 4) is 10.6 Å². The lowest BCUT2D eigenvalue weighted by Gasteiger charge is -2.14. The molecule has 0 amide bonds. The van der Waals surface area contributed by atoms with Gasteiger partial charge in [0.1, 0.15) is 5.01 Å². The molecule has 0 saturated heterocycles. The van der Waals surface area contributed by atoms with Gasteiger partial charge in [-0.15, -0.1) is 23.7 Å². The summed E-state index contributed by atoms with van der Waals surface area (Å²) < 4.78 is 0. The number of halogens is 1. The maximum absolute atomic E-state index is 4.74. The summed E-state index contributed by atoms with van der Waals surface area (Å²) in [5.41, 5.74) is 3.63. The normalized spacial score (nSPS) is 11.2. The van der Waals surface area contributed by atoms with E-state index in [-0.39, 0.29) is 17.8 Å². The van der Waals surface area contributed by atoms with Crippen molar-refractivity contribution < 1.29 is 0 Å². The topological polar surface area (TPSA) is 25.8 Å². The fraction of sp³-hybridized carbons (Fsp3) is 0.467. The molecule has 2 aromatic heterocycles. The van der Waals surface area contributed by atoms with E-state index in [0.717, 1.165) is 29.2 Å². The van der Waals surface area contributed by atoms with E-state index in [2.05, 4.69) is 44.1 Å². The lowest BCUT2D eigenvalue weighted by atomic mass is 9.93. The molecule has 0 bridgehead atoms. The van der Waals surface area contributed by atoms with E-state index in [1.807, 2.05) is 12.3 Å². The van der Waals surface area contributed by atoms with Gasteiger partial charge in [0, 0.05) is 28.2 Å². The molecule has 2 nitrogen and oxygen atoms in total. The van der Waals surface area contributed by atoms with E-state index < -0.39 is 0 Å². The maximum atomic E-state index is 4.74. The first-order chi connectivity index (χ1) is 8.50. The lowest BCUT2D eigenvalue weighted by molar-refractivity contribution is 0.573. The summed E-state index contributed by atoms with van der Waals surface area (Å²) in [6, 6.07) is 4.21. The molecule has 2 aromatic rings. The van der Waals surface area contributed by atoms with Crippen LogP contribution in [-0.4, -0.2) is 9.97 Å². The minimum atomic E-state index is 0. The zero-order valence-electron chi connectivity index (χ0n) is 11.9. The van der Waals surface area contributed by atoms with Crippen LogP contribution < -0.4 is 0 Å². The number of aryl methyl sites for hydroxylation is 1. The highest BCUT2D eigenvalue weighted by Gasteiger charge is 2.17. The van der Waals surface area contributed by atoms with Crippen LogP contribution in [-0.2, 0) is 11.8 Å². The second kappa shape index (κ2) is 6.49. The van der Waals surface area contributed by atoms with Gasteiger partial charge in [-0.3, -0.25) is 4.98 Å². The van der Waals surface area contributed by atoms with Gasteiger partial charge in [0.25, 0.3) is 0 Å². The molecule has 2 rings (SSSR count). The number of hydrogen-bond donors (Lipinski definition) is 0. The molecular formula is C15H21ClN2S. The second-order valence-corrected chi connectivity index (χ2v) is 6.43. The van der Waals surface area contributed by atoms with E-state index in [1.165, 1.54) is 5.56 Å². The van der Waals surface area contributed by atoms with Crippen LogP contribution in [0.1, 0.15) is 45.5 Å². The fourth-order valence-corrected chi connectivity index (χ4v) is 2.80. The Morgan fingerprint density at radius 3 is 2.58 bits per heavy atom. The SMILES string of the molecule is CCCc1cc(-c2nc(C(C)(C)C)cs2)ccn1.Cl. The Balaban J connectivity index is 0.00000180. The van der Waals surface area contributed by atoms with Gasteiger partial charge in [-0.1, -0.05) is 34.1 Å². The van der Waals surface area contributed by atoms with Crippen molar-refractivity contribution in [1.82, 2.24) is 9.97 Å². The Hall–Kier alpha value is -0.930. The Kier molecular flexibility index (Phi) is 5.50. The lowest BCUT2D eigenvalue weighted by Crippen LogP contribution is -2.11. The zero-order chi connectivity index (χ0) is 13.2. The number of nitrogens with zero attached hydrogens (tertiary/aromatic N) is 2. The third-order valence-electron chi connectivity index (χ3n) is 2.84. The molecule has 104 valence electrons. The summed E-state index contributed by atoms with van der Waals surface area (Å²) >= 11 is 1.72. The van der Waals surface area contributed by atoms with Crippen molar-refractivity contribution in [1.29, 1.82) is 0 Å². The van der Waals surface area contributed by atoms with Crippen LogP contribution in [0.25, 0.3) is 10.6 Å². The van der Waals surface area contributed by atoms with Crippen LogP contribution in [0, 0.1) is 0 Å². The molecule has 0 N–H and O–H groups in total. The van der Waals surface area contributed by atoms with Gasteiger partial charge in [0.05, 0.1) is 5.69 Å². The highest BCUT2D eigenvalue weighted by atomic mass is 35.5. The van der Waals surface area contributed by atoms with Crippen LogP contribution >= 0.6 is 23.7 Å². The van der Waals surface area contributed by atoms with Gasteiger partial charge < -0.3 is 0 Å². The van der Waals surface area contributed by atoms with E-state index in [4.69, 9.17) is 4.98 Å². The Morgan fingerprint density at radius 2 is 2.00 bits per heavy atom. The molecule has 4 heteroatoms. The van der Waals surface area contributed by atoms with Crippen LogP contribution in [0.5, 0.6) is 0 Å². The van der Waals surface area contributed by atoms with E-state index in [1.54, 1.807) is 11.3 Å². The first-order valence-corrected chi connectivity index (χ1v) is 7.30. The van der Waals surface area contributed by atoms with Gasteiger partial charge >= 0.3 is 0 Å². The molecule has 0 aliphatic carbocycles. The maximum Gasteiger partial charge on any atom is 0.123 e. The molecule has 0 unspecified atom stereocenters. The smallest absolute Gasteiger partial charge is 0.123 e. The minimum Gasteiger partial charge on any atom is -0.261 e. The molecule has 0 fully saturated rings. The average Bonchev–Trinajstić information content (AvgIpc) is 2.78. The van der Waals surface area contributed by atoms with Gasteiger partial charge in [-0.05, 0) is 18.6 Å². The highest BCUT2D eigenvalue weighted by Crippen LogP contribution is 2.29. The van der Waals surface area contributed by atoms with E-state index in [0.29, 0.717) is 0 Å². The van der Waals surface area contributed by atoms with Crippen molar-refractivity contribution in [2.45, 2.75) is 46.0 Å². The van der Waals surface area contributed by atoms with E-state index >= 15 is 0 Å². The number of pyridine rings is 1. The number of hydrogen-bond acceptors (Lipinski definition) is 3. The molecule has 2 heterocycles. The quantitative estimate of drug-likeness (QED) is 0.807. The number of thiazole rings is 1. The predicted octanol–water partition coefficient (Wildman–Crippen LogP) is 4.88. The van der Waals surface area contributed by atoms with Gasteiger partial charge in [0.15, 0.2) is 0 Å². The molecule has 0 radical (unpaired) electrons. The zero-order valence-corrected chi connectivity index (χ0v) is 13.6. The van der Waals surface area contributed by atoms with Gasteiger partial charge in [-0.2, -0.15) is 0 Å². The Bertz CT molecular complexity index is 529. The summed E-state index contributed by atoms with van der Waals surface area (Å²) in [7, 11) is 0. The molecule has 19 heavy (non-hydrogen) atoms. The van der Waals surface area contributed by atoms with Crippen molar-refractivity contribution in [3.05, 3.63) is 35.1 Å². The third kappa shape index (κ3) is 4.02. The van der Waals surface area contributed by atoms with Crippen molar-refractivity contribution in [3.63, 3.8) is 0 Å². The number of rotatable bonds is 3. The second-order valence-electron chi connectivity index (χ2n) is 5.57. The molecule has 0 aliphatic rings. The summed E-state index contributed by atoms with van der Waals surface area (Å²) in [6.45, 7) is 8.76. The van der Waals surface area contributed by atoms with E-state index in [9.17, 15) is 0 Å². The summed E-state index contributed by atoms with van der Waals surface area (Å²) in [6.07, 6.45) is 4.05. The molecular weight excluding hydrogens is 276 g/mol. The minimum absolute atomic E-state index is 0. The average molecular weight is 297 g/mol. The first-order valence-electron chi connectivity index (χ1n) is 6.42. The first kappa shape index (κ1) is 16.1.